The summed E-state index contributed by atoms with van der Waals surface area (Å²) in [6.45, 7) is 0.383. The molecule has 2 atom stereocenters. The first kappa shape index (κ1) is 10.1. The van der Waals surface area contributed by atoms with Crippen molar-refractivity contribution in [1.29, 1.82) is 0 Å². The Hall–Kier alpha value is 0.0700. The third-order valence-corrected chi connectivity index (χ3v) is 1.49. The minimum Gasteiger partial charge on any atom is -0.379 e. The molecule has 0 aliphatic carbocycles. The van der Waals surface area contributed by atoms with Gasteiger partial charge in [0.15, 0.2) is 0 Å². The zero-order valence-corrected chi connectivity index (χ0v) is 6.11. The van der Waals surface area contributed by atoms with E-state index >= 15 is 0 Å². The molecule has 0 spiro atoms. The van der Waals surface area contributed by atoms with Gasteiger partial charge >= 0.3 is 0 Å². The van der Waals surface area contributed by atoms with Crippen LogP contribution in [0.15, 0.2) is 0 Å². The fourth-order valence-corrected chi connectivity index (χ4v) is 0.847. The van der Waals surface area contributed by atoms with Crippen LogP contribution in [0.4, 0.5) is 8.78 Å². The molecule has 0 aromatic heterocycles. The zero-order valence-electron chi connectivity index (χ0n) is 5.30. The van der Waals surface area contributed by atoms with Crippen LogP contribution in [-0.4, -0.2) is 25.7 Å². The summed E-state index contributed by atoms with van der Waals surface area (Å²) < 4.78 is 28.4. The predicted molar refractivity (Wildman–Crippen MR) is 35.5 cm³/mol. The van der Waals surface area contributed by atoms with Crippen LogP contribution in [0.5, 0.6) is 0 Å². The first-order chi connectivity index (χ1) is 4.22. The maximum Gasteiger partial charge on any atom is 0.245 e. The molecule has 0 amide bonds. The molecule has 1 rings (SSSR count). The standard InChI is InChI=1S/C5H9F2NO.ClH/c6-5(7)3-1-9-2-4(3)8;/h3-5H,1-2,8H2;1H/t3-,4+;/m0./s1. The van der Waals surface area contributed by atoms with E-state index in [0.717, 1.165) is 0 Å². The molecule has 1 saturated heterocycles. The van der Waals surface area contributed by atoms with E-state index in [4.69, 9.17) is 10.5 Å². The Morgan fingerprint density at radius 2 is 2.00 bits per heavy atom. The Balaban J connectivity index is 0.000000810. The van der Waals surface area contributed by atoms with Crippen molar-refractivity contribution in [2.75, 3.05) is 13.2 Å². The highest BCUT2D eigenvalue weighted by atomic mass is 35.5. The molecule has 0 unspecified atom stereocenters. The second-order valence-electron chi connectivity index (χ2n) is 2.20. The van der Waals surface area contributed by atoms with E-state index in [1.807, 2.05) is 0 Å². The summed E-state index contributed by atoms with van der Waals surface area (Å²) in [6, 6.07) is -0.468. The van der Waals surface area contributed by atoms with Crippen molar-refractivity contribution >= 4 is 12.4 Å². The van der Waals surface area contributed by atoms with Gasteiger partial charge in [-0.1, -0.05) is 0 Å². The van der Waals surface area contributed by atoms with Crippen molar-refractivity contribution in [3.63, 3.8) is 0 Å². The topological polar surface area (TPSA) is 35.2 Å². The van der Waals surface area contributed by atoms with Gasteiger partial charge in [0.05, 0.1) is 19.1 Å². The molecule has 0 saturated carbocycles. The molecule has 2 nitrogen and oxygen atoms in total. The number of hydrogen-bond donors (Lipinski definition) is 1. The van der Waals surface area contributed by atoms with E-state index in [-0.39, 0.29) is 25.6 Å². The van der Waals surface area contributed by atoms with Gasteiger partial charge in [0.1, 0.15) is 0 Å². The fraction of sp³-hybridized carbons (Fsp3) is 1.00. The second kappa shape index (κ2) is 4.05. The SMILES string of the molecule is Cl.N[C@@H]1COC[C@@H]1C(F)F. The van der Waals surface area contributed by atoms with Gasteiger partial charge in [-0.15, -0.1) is 12.4 Å². The van der Waals surface area contributed by atoms with Crippen LogP contribution >= 0.6 is 12.4 Å². The average molecular weight is 174 g/mol. The van der Waals surface area contributed by atoms with Gasteiger partial charge in [0.25, 0.3) is 0 Å². The molecule has 0 aromatic rings. The van der Waals surface area contributed by atoms with Gasteiger partial charge in [-0.3, -0.25) is 0 Å². The molecule has 62 valence electrons. The Kier molecular flexibility index (Phi) is 4.08. The highest BCUT2D eigenvalue weighted by Crippen LogP contribution is 2.18. The molecule has 1 heterocycles. The summed E-state index contributed by atoms with van der Waals surface area (Å²) in [4.78, 5) is 0. The maximum absolute atomic E-state index is 11.8. The summed E-state index contributed by atoms with van der Waals surface area (Å²) in [5.41, 5.74) is 5.27. The van der Waals surface area contributed by atoms with Crippen molar-refractivity contribution in [2.24, 2.45) is 11.7 Å². The lowest BCUT2D eigenvalue weighted by atomic mass is 10.1. The molecule has 2 N–H and O–H groups in total. The number of rotatable bonds is 1. The van der Waals surface area contributed by atoms with Gasteiger partial charge in [-0.2, -0.15) is 0 Å². The average Bonchev–Trinajstić information content (AvgIpc) is 2.13. The Bertz CT molecular complexity index is 104. The van der Waals surface area contributed by atoms with Crippen LogP contribution in [0, 0.1) is 5.92 Å². The Labute approximate surface area is 64.1 Å². The van der Waals surface area contributed by atoms with Crippen molar-refractivity contribution in [3.8, 4) is 0 Å². The molecule has 10 heavy (non-hydrogen) atoms. The number of hydrogen-bond acceptors (Lipinski definition) is 2. The van der Waals surface area contributed by atoms with E-state index in [1.165, 1.54) is 0 Å². The smallest absolute Gasteiger partial charge is 0.245 e. The van der Waals surface area contributed by atoms with E-state index in [9.17, 15) is 8.78 Å². The van der Waals surface area contributed by atoms with E-state index in [1.54, 1.807) is 0 Å². The Morgan fingerprint density at radius 3 is 2.20 bits per heavy atom. The normalized spacial score (nSPS) is 32.4. The number of halogens is 3. The van der Waals surface area contributed by atoms with Gasteiger partial charge < -0.3 is 10.5 Å². The van der Waals surface area contributed by atoms with Crippen LogP contribution in [0.25, 0.3) is 0 Å². The molecular formula is C5H10ClF2NO. The summed E-state index contributed by atoms with van der Waals surface area (Å²) in [5.74, 6) is -0.745. The van der Waals surface area contributed by atoms with Crippen LogP contribution in [-0.2, 0) is 4.74 Å². The highest BCUT2D eigenvalue weighted by molar-refractivity contribution is 5.85. The second-order valence-corrected chi connectivity index (χ2v) is 2.20. The Morgan fingerprint density at radius 1 is 1.40 bits per heavy atom. The number of alkyl halides is 2. The van der Waals surface area contributed by atoms with Crippen molar-refractivity contribution in [2.45, 2.75) is 12.5 Å². The van der Waals surface area contributed by atoms with Crippen LogP contribution in [0.3, 0.4) is 0 Å². The van der Waals surface area contributed by atoms with Crippen LogP contribution in [0.1, 0.15) is 0 Å². The number of nitrogens with two attached hydrogens (primary N) is 1. The van der Waals surface area contributed by atoms with E-state index in [0.29, 0.717) is 0 Å². The van der Waals surface area contributed by atoms with Crippen molar-refractivity contribution < 1.29 is 13.5 Å². The third-order valence-electron chi connectivity index (χ3n) is 1.49. The van der Waals surface area contributed by atoms with E-state index < -0.39 is 18.4 Å². The van der Waals surface area contributed by atoms with Gasteiger partial charge in [0.2, 0.25) is 6.43 Å². The van der Waals surface area contributed by atoms with Gasteiger partial charge in [-0.25, -0.2) is 8.78 Å². The van der Waals surface area contributed by atoms with Crippen LogP contribution in [0.2, 0.25) is 0 Å². The molecule has 1 aliphatic heterocycles. The number of ether oxygens (including phenoxy) is 1. The largest absolute Gasteiger partial charge is 0.379 e. The molecular weight excluding hydrogens is 164 g/mol. The van der Waals surface area contributed by atoms with Crippen LogP contribution < -0.4 is 5.73 Å². The zero-order chi connectivity index (χ0) is 6.85. The van der Waals surface area contributed by atoms with Crippen molar-refractivity contribution in [1.82, 2.24) is 0 Å². The molecule has 5 heteroatoms. The molecule has 1 aliphatic rings. The van der Waals surface area contributed by atoms with Crippen molar-refractivity contribution in [3.05, 3.63) is 0 Å². The predicted octanol–water partition coefficient (Wildman–Crippen LogP) is 0.647. The third kappa shape index (κ3) is 2.04. The first-order valence-corrected chi connectivity index (χ1v) is 2.83. The lowest BCUT2D eigenvalue weighted by Gasteiger charge is -2.09. The molecule has 0 bridgehead atoms. The maximum atomic E-state index is 11.8. The quantitative estimate of drug-likeness (QED) is 0.632. The highest BCUT2D eigenvalue weighted by Gasteiger charge is 2.32. The molecule has 0 aromatic carbocycles. The fourth-order valence-electron chi connectivity index (χ4n) is 0.847. The van der Waals surface area contributed by atoms with Gasteiger partial charge in [-0.05, 0) is 0 Å². The first-order valence-electron chi connectivity index (χ1n) is 2.83. The van der Waals surface area contributed by atoms with E-state index in [2.05, 4.69) is 0 Å². The lowest BCUT2D eigenvalue weighted by molar-refractivity contribution is 0.0626. The molecule has 1 fully saturated rings. The minimum absolute atomic E-state index is 0. The van der Waals surface area contributed by atoms with Gasteiger partial charge in [0, 0.05) is 6.04 Å². The lowest BCUT2D eigenvalue weighted by Crippen LogP contribution is -2.32. The monoisotopic (exact) mass is 173 g/mol. The molecule has 0 radical (unpaired) electrons. The minimum atomic E-state index is -2.33. The summed E-state index contributed by atoms with van der Waals surface area (Å²) >= 11 is 0. The summed E-state index contributed by atoms with van der Waals surface area (Å²) in [6.07, 6.45) is -2.33. The summed E-state index contributed by atoms with van der Waals surface area (Å²) in [5, 5.41) is 0. The summed E-state index contributed by atoms with van der Waals surface area (Å²) in [7, 11) is 0.